The zero-order chi connectivity index (χ0) is 17.3. The van der Waals surface area contributed by atoms with Crippen molar-refractivity contribution in [3.63, 3.8) is 0 Å². The van der Waals surface area contributed by atoms with Crippen molar-refractivity contribution < 1.29 is 9.47 Å². The van der Waals surface area contributed by atoms with Crippen molar-refractivity contribution in [1.29, 1.82) is 0 Å². The van der Waals surface area contributed by atoms with Crippen LogP contribution in [-0.4, -0.2) is 39.5 Å². The molecule has 3 aromatic heterocycles. The van der Waals surface area contributed by atoms with Crippen LogP contribution in [0.3, 0.4) is 0 Å². The number of anilines is 2. The van der Waals surface area contributed by atoms with E-state index in [0.717, 1.165) is 40.5 Å². The molecule has 4 aromatic rings. The molecule has 7 nitrogen and oxygen atoms in total. The quantitative estimate of drug-likeness (QED) is 0.588. The normalized spacial score (nSPS) is 17.0. The maximum atomic E-state index is 6.01. The van der Waals surface area contributed by atoms with Gasteiger partial charge in [0.15, 0.2) is 5.82 Å². The molecule has 7 heteroatoms. The van der Waals surface area contributed by atoms with Crippen molar-refractivity contribution in [1.82, 2.24) is 20.2 Å². The average molecular weight is 347 g/mol. The maximum absolute atomic E-state index is 6.01. The second-order valence-electron chi connectivity index (χ2n) is 6.25. The summed E-state index contributed by atoms with van der Waals surface area (Å²) in [6, 6.07) is 11.9. The van der Waals surface area contributed by atoms with Gasteiger partial charge in [-0.2, -0.15) is 5.10 Å². The Morgan fingerprint density at radius 2 is 2.15 bits per heavy atom. The van der Waals surface area contributed by atoms with Gasteiger partial charge in [0.25, 0.3) is 0 Å². The summed E-state index contributed by atoms with van der Waals surface area (Å²) in [5.74, 6) is 1.35. The number of hydrogen-bond acceptors (Lipinski definition) is 6. The highest BCUT2D eigenvalue weighted by atomic mass is 16.5. The molecular weight excluding hydrogens is 330 g/mol. The van der Waals surface area contributed by atoms with E-state index in [1.807, 2.05) is 30.3 Å². The number of hydrogen-bond donors (Lipinski definition) is 2. The largest absolute Gasteiger partial charge is 0.471 e. The van der Waals surface area contributed by atoms with Crippen molar-refractivity contribution in [3.8, 4) is 5.88 Å². The Bertz CT molecular complexity index is 1070. The number of H-pyrrole nitrogens is 1. The Balaban J connectivity index is 1.46. The molecule has 1 saturated heterocycles. The molecule has 0 spiro atoms. The molecule has 2 N–H and O–H groups in total. The highest BCUT2D eigenvalue weighted by Gasteiger charge is 2.19. The van der Waals surface area contributed by atoms with Gasteiger partial charge in [-0.3, -0.25) is 10.1 Å². The van der Waals surface area contributed by atoms with E-state index in [1.54, 1.807) is 12.4 Å². The third-order valence-electron chi connectivity index (χ3n) is 4.48. The predicted octanol–water partition coefficient (Wildman–Crippen LogP) is 3.42. The lowest BCUT2D eigenvalue weighted by molar-refractivity contribution is 0.139. The summed E-state index contributed by atoms with van der Waals surface area (Å²) in [6.45, 7) is 1.37. The molecule has 130 valence electrons. The molecule has 0 unspecified atom stereocenters. The molecule has 1 atom stereocenters. The Morgan fingerprint density at radius 3 is 3.08 bits per heavy atom. The van der Waals surface area contributed by atoms with E-state index in [9.17, 15) is 0 Å². The number of nitrogens with one attached hydrogen (secondary N) is 2. The topological polar surface area (TPSA) is 85.0 Å². The molecule has 0 amide bonds. The van der Waals surface area contributed by atoms with Crippen molar-refractivity contribution >= 4 is 33.3 Å². The van der Waals surface area contributed by atoms with Crippen LogP contribution in [0.2, 0.25) is 0 Å². The van der Waals surface area contributed by atoms with Crippen LogP contribution in [0, 0.1) is 0 Å². The lowest BCUT2D eigenvalue weighted by Gasteiger charge is -2.13. The molecule has 5 rings (SSSR count). The van der Waals surface area contributed by atoms with Gasteiger partial charge in [-0.15, -0.1) is 0 Å². The number of pyridine rings is 2. The zero-order valence-corrected chi connectivity index (χ0v) is 14.0. The summed E-state index contributed by atoms with van der Waals surface area (Å²) < 4.78 is 11.4. The van der Waals surface area contributed by atoms with E-state index in [0.29, 0.717) is 18.3 Å². The summed E-state index contributed by atoms with van der Waals surface area (Å²) >= 11 is 0. The highest BCUT2D eigenvalue weighted by molar-refractivity contribution is 5.92. The lowest BCUT2D eigenvalue weighted by atomic mass is 10.1. The molecule has 1 aromatic carbocycles. The molecule has 0 bridgehead atoms. The molecule has 1 aliphatic rings. The SMILES string of the molecule is c1cnc2c(Nc3ccc4c(O[C@H]5CCOC5)nccc4c3)n[nH]c2c1. The Morgan fingerprint density at radius 1 is 1.15 bits per heavy atom. The van der Waals surface area contributed by atoms with Gasteiger partial charge < -0.3 is 14.8 Å². The monoisotopic (exact) mass is 347 g/mol. The van der Waals surface area contributed by atoms with Crippen LogP contribution in [-0.2, 0) is 4.74 Å². The number of aromatic amines is 1. The first-order valence-corrected chi connectivity index (χ1v) is 8.56. The molecule has 1 aliphatic heterocycles. The molecule has 0 saturated carbocycles. The minimum absolute atomic E-state index is 0.0763. The van der Waals surface area contributed by atoms with Gasteiger partial charge in [0.05, 0.1) is 18.7 Å². The molecule has 1 fully saturated rings. The fourth-order valence-corrected chi connectivity index (χ4v) is 3.16. The summed E-state index contributed by atoms with van der Waals surface area (Å²) in [4.78, 5) is 8.76. The van der Waals surface area contributed by atoms with Crippen molar-refractivity contribution in [2.45, 2.75) is 12.5 Å². The van der Waals surface area contributed by atoms with Crippen LogP contribution >= 0.6 is 0 Å². The van der Waals surface area contributed by atoms with Crippen molar-refractivity contribution in [3.05, 3.63) is 48.8 Å². The summed E-state index contributed by atoms with van der Waals surface area (Å²) in [7, 11) is 0. The van der Waals surface area contributed by atoms with E-state index in [2.05, 4.69) is 31.5 Å². The van der Waals surface area contributed by atoms with Crippen LogP contribution in [0.4, 0.5) is 11.5 Å². The molecule has 0 aliphatic carbocycles. The molecule has 4 heterocycles. The molecular formula is C19H17N5O2. The van der Waals surface area contributed by atoms with Crippen LogP contribution in [0.1, 0.15) is 6.42 Å². The minimum atomic E-state index is 0.0763. The Hall–Kier alpha value is -3.19. The first-order valence-electron chi connectivity index (χ1n) is 8.56. The van der Waals surface area contributed by atoms with Crippen LogP contribution in [0.25, 0.3) is 21.8 Å². The van der Waals surface area contributed by atoms with Gasteiger partial charge in [-0.05, 0) is 41.8 Å². The van der Waals surface area contributed by atoms with Crippen molar-refractivity contribution in [2.75, 3.05) is 18.5 Å². The highest BCUT2D eigenvalue weighted by Crippen LogP contribution is 2.29. The first kappa shape index (κ1) is 15.1. The number of fused-ring (bicyclic) bond motifs is 2. The predicted molar refractivity (Wildman–Crippen MR) is 98.8 cm³/mol. The number of benzene rings is 1. The standard InChI is InChI=1S/C19H17N5O2/c1-2-16-17(20-7-1)18(24-23-16)22-13-3-4-15-12(10-13)5-8-21-19(15)26-14-6-9-25-11-14/h1-5,7-8,10,14H,6,9,11H2,(H2,22,23,24)/t14-/m0/s1. The van der Waals surface area contributed by atoms with Crippen LogP contribution in [0.15, 0.2) is 48.8 Å². The average Bonchev–Trinajstić information content (AvgIpc) is 3.32. The van der Waals surface area contributed by atoms with E-state index in [-0.39, 0.29) is 6.10 Å². The summed E-state index contributed by atoms with van der Waals surface area (Å²) in [5.41, 5.74) is 2.64. The fourth-order valence-electron chi connectivity index (χ4n) is 3.16. The van der Waals surface area contributed by atoms with E-state index in [4.69, 9.17) is 9.47 Å². The Kier molecular flexibility index (Phi) is 3.64. The summed E-state index contributed by atoms with van der Waals surface area (Å²) in [5, 5.41) is 12.6. The van der Waals surface area contributed by atoms with Gasteiger partial charge in [0, 0.05) is 29.9 Å². The second kappa shape index (κ2) is 6.27. The first-order chi connectivity index (χ1) is 12.9. The maximum Gasteiger partial charge on any atom is 0.221 e. The molecule has 0 radical (unpaired) electrons. The van der Waals surface area contributed by atoms with Gasteiger partial charge in [-0.1, -0.05) is 0 Å². The minimum Gasteiger partial charge on any atom is -0.471 e. The number of nitrogens with zero attached hydrogens (tertiary/aromatic N) is 3. The summed E-state index contributed by atoms with van der Waals surface area (Å²) in [6.07, 6.45) is 4.50. The van der Waals surface area contributed by atoms with Gasteiger partial charge in [0.2, 0.25) is 5.88 Å². The van der Waals surface area contributed by atoms with Crippen LogP contribution < -0.4 is 10.1 Å². The zero-order valence-electron chi connectivity index (χ0n) is 14.0. The fraction of sp³-hybridized carbons (Fsp3) is 0.211. The third kappa shape index (κ3) is 2.72. The van der Waals surface area contributed by atoms with Crippen molar-refractivity contribution in [2.24, 2.45) is 0 Å². The third-order valence-corrected chi connectivity index (χ3v) is 4.48. The van der Waals surface area contributed by atoms with Gasteiger partial charge >= 0.3 is 0 Å². The number of rotatable bonds is 4. The number of ether oxygens (including phenoxy) is 2. The van der Waals surface area contributed by atoms with E-state index < -0.39 is 0 Å². The smallest absolute Gasteiger partial charge is 0.221 e. The van der Waals surface area contributed by atoms with Gasteiger partial charge in [0.1, 0.15) is 11.6 Å². The second-order valence-corrected chi connectivity index (χ2v) is 6.25. The number of aromatic nitrogens is 4. The lowest BCUT2D eigenvalue weighted by Crippen LogP contribution is -2.16. The van der Waals surface area contributed by atoms with Crippen LogP contribution in [0.5, 0.6) is 5.88 Å². The van der Waals surface area contributed by atoms with E-state index in [1.165, 1.54) is 0 Å². The molecule has 26 heavy (non-hydrogen) atoms. The van der Waals surface area contributed by atoms with Gasteiger partial charge in [-0.25, -0.2) is 4.98 Å². The Labute approximate surface area is 149 Å². The van der Waals surface area contributed by atoms with E-state index >= 15 is 0 Å².